The molecule has 2 saturated carbocycles. The van der Waals surface area contributed by atoms with Crippen LogP contribution in [0.25, 0.3) is 0 Å². The molecule has 26 heavy (non-hydrogen) atoms. The quantitative estimate of drug-likeness (QED) is 0.679. The molecule has 2 saturated heterocycles. The van der Waals surface area contributed by atoms with E-state index in [1.165, 1.54) is 30.0 Å². The van der Waals surface area contributed by atoms with E-state index in [0.29, 0.717) is 25.4 Å². The molecule has 0 aromatic carbocycles. The van der Waals surface area contributed by atoms with Crippen molar-refractivity contribution in [3.63, 3.8) is 0 Å². The van der Waals surface area contributed by atoms with Crippen LogP contribution in [0, 0.1) is 17.8 Å². The molecular weight excluding hydrogens is 376 g/mol. The summed E-state index contributed by atoms with van der Waals surface area (Å²) in [6.07, 6.45) is 5.85. The lowest BCUT2D eigenvalue weighted by Gasteiger charge is -2.36. The molecule has 0 N–H and O–H groups in total. The van der Waals surface area contributed by atoms with E-state index >= 15 is 0 Å². The second-order valence-corrected chi connectivity index (χ2v) is 12.9. The van der Waals surface area contributed by atoms with E-state index in [9.17, 15) is 21.6 Å². The van der Waals surface area contributed by atoms with Crippen molar-refractivity contribution in [2.75, 3.05) is 37.7 Å². The van der Waals surface area contributed by atoms with Crippen LogP contribution in [0.2, 0.25) is 0 Å². The summed E-state index contributed by atoms with van der Waals surface area (Å²) in [6, 6.07) is 0. The van der Waals surface area contributed by atoms with Crippen LogP contribution in [0.3, 0.4) is 0 Å². The fourth-order valence-electron chi connectivity index (χ4n) is 5.38. The minimum atomic E-state index is -3.60. The number of nitrogens with zero attached hydrogens (tertiary/aromatic N) is 2. The third-order valence-corrected chi connectivity index (χ3v) is 11.2. The van der Waals surface area contributed by atoms with Crippen molar-refractivity contribution in [2.45, 2.75) is 43.8 Å². The van der Waals surface area contributed by atoms with E-state index < -0.39 is 25.1 Å². The van der Waals surface area contributed by atoms with Gasteiger partial charge in [0.05, 0.1) is 16.8 Å². The molecular formula is C17H28N2O5S2. The summed E-state index contributed by atoms with van der Waals surface area (Å²) in [5, 5.41) is -0.816. The average Bonchev–Trinajstić information content (AvgIpc) is 3.30. The molecule has 1 amide bonds. The number of sulfone groups is 1. The highest BCUT2D eigenvalue weighted by atomic mass is 32.2. The summed E-state index contributed by atoms with van der Waals surface area (Å²) in [6.45, 7) is 1.39. The number of carbonyl (C=O) groups excluding carboxylic acids is 1. The summed E-state index contributed by atoms with van der Waals surface area (Å²) in [5.74, 6) is 1.91. The lowest BCUT2D eigenvalue weighted by molar-refractivity contribution is -0.133. The Labute approximate surface area is 156 Å². The molecule has 9 heteroatoms. The minimum Gasteiger partial charge on any atom is -0.340 e. The Kier molecular flexibility index (Phi) is 4.84. The molecule has 2 aliphatic heterocycles. The van der Waals surface area contributed by atoms with Gasteiger partial charge in [0.25, 0.3) is 0 Å². The van der Waals surface area contributed by atoms with Gasteiger partial charge in [0, 0.05) is 32.6 Å². The topological polar surface area (TPSA) is 91.8 Å². The van der Waals surface area contributed by atoms with Gasteiger partial charge < -0.3 is 4.90 Å². The van der Waals surface area contributed by atoms with E-state index in [-0.39, 0.29) is 36.9 Å². The van der Waals surface area contributed by atoms with Gasteiger partial charge in [-0.1, -0.05) is 6.42 Å². The molecule has 4 atom stereocenters. The van der Waals surface area contributed by atoms with Gasteiger partial charge in [-0.25, -0.2) is 16.8 Å². The lowest BCUT2D eigenvalue weighted by atomic mass is 9.86. The Bertz CT molecular complexity index is 771. The van der Waals surface area contributed by atoms with Crippen LogP contribution in [-0.4, -0.2) is 74.9 Å². The van der Waals surface area contributed by atoms with Gasteiger partial charge in [-0.3, -0.25) is 4.79 Å². The predicted octanol–water partition coefficient (Wildman–Crippen LogP) is 0.474. The zero-order chi connectivity index (χ0) is 18.5. The standard InChI is InChI=1S/C17H28N2O5S2/c20-17(11-15-10-13-1-2-14(15)9-13)18-4-6-19(7-5-18)26(23,24)16-3-8-25(21,22)12-16/h13-16H,1-12H2. The first-order chi connectivity index (χ1) is 12.2. The van der Waals surface area contributed by atoms with Gasteiger partial charge in [-0.15, -0.1) is 0 Å². The van der Waals surface area contributed by atoms with Crippen LogP contribution in [-0.2, 0) is 24.7 Å². The van der Waals surface area contributed by atoms with Gasteiger partial charge >= 0.3 is 0 Å². The third kappa shape index (κ3) is 3.54. The van der Waals surface area contributed by atoms with Crippen LogP contribution >= 0.6 is 0 Å². The van der Waals surface area contributed by atoms with Crippen molar-refractivity contribution >= 4 is 25.8 Å². The van der Waals surface area contributed by atoms with E-state index in [4.69, 9.17) is 0 Å². The fourth-order valence-corrected chi connectivity index (χ4v) is 9.89. The second kappa shape index (κ2) is 6.74. The number of piperazine rings is 1. The van der Waals surface area contributed by atoms with Crippen molar-refractivity contribution in [3.8, 4) is 0 Å². The highest BCUT2D eigenvalue weighted by molar-refractivity contribution is 7.95. The van der Waals surface area contributed by atoms with Crippen LogP contribution in [0.5, 0.6) is 0 Å². The highest BCUT2D eigenvalue weighted by Gasteiger charge is 2.43. The van der Waals surface area contributed by atoms with Crippen molar-refractivity contribution in [1.29, 1.82) is 0 Å². The zero-order valence-corrected chi connectivity index (χ0v) is 16.7. The smallest absolute Gasteiger partial charge is 0.222 e. The minimum absolute atomic E-state index is 0.0428. The molecule has 2 bridgehead atoms. The fraction of sp³-hybridized carbons (Fsp3) is 0.941. The molecule has 0 aromatic rings. The molecule has 0 aromatic heterocycles. The average molecular weight is 405 g/mol. The van der Waals surface area contributed by atoms with Gasteiger partial charge in [-0.2, -0.15) is 4.31 Å². The van der Waals surface area contributed by atoms with Crippen LogP contribution in [0.4, 0.5) is 0 Å². The second-order valence-electron chi connectivity index (χ2n) is 8.49. The highest BCUT2D eigenvalue weighted by Crippen LogP contribution is 2.49. The summed E-state index contributed by atoms with van der Waals surface area (Å²) >= 11 is 0. The van der Waals surface area contributed by atoms with Gasteiger partial charge in [0.1, 0.15) is 0 Å². The van der Waals surface area contributed by atoms with E-state index in [2.05, 4.69) is 0 Å². The summed E-state index contributed by atoms with van der Waals surface area (Å²) in [7, 11) is -6.82. The zero-order valence-electron chi connectivity index (χ0n) is 15.0. The first-order valence-electron chi connectivity index (χ1n) is 9.72. The van der Waals surface area contributed by atoms with Gasteiger partial charge in [-0.05, 0) is 43.4 Å². The molecule has 4 rings (SSSR count). The van der Waals surface area contributed by atoms with E-state index in [1.807, 2.05) is 0 Å². The van der Waals surface area contributed by atoms with Crippen molar-refractivity contribution in [1.82, 2.24) is 9.21 Å². The predicted molar refractivity (Wildman–Crippen MR) is 97.7 cm³/mol. The van der Waals surface area contributed by atoms with Crippen molar-refractivity contribution < 1.29 is 21.6 Å². The molecule has 4 aliphatic rings. The molecule has 2 aliphatic carbocycles. The number of amides is 1. The van der Waals surface area contributed by atoms with Crippen molar-refractivity contribution in [3.05, 3.63) is 0 Å². The maximum atomic E-state index is 12.7. The maximum Gasteiger partial charge on any atom is 0.222 e. The van der Waals surface area contributed by atoms with Crippen LogP contribution < -0.4 is 0 Å². The molecule has 0 spiro atoms. The molecule has 4 fully saturated rings. The van der Waals surface area contributed by atoms with Gasteiger partial charge in [0.15, 0.2) is 9.84 Å². The Morgan fingerprint density at radius 1 is 1.00 bits per heavy atom. The first-order valence-corrected chi connectivity index (χ1v) is 13.0. The SMILES string of the molecule is O=C(CC1CC2CCC1C2)N1CCN(S(=O)(=O)C2CCS(=O)(=O)C2)CC1. The Morgan fingerprint density at radius 2 is 1.73 bits per heavy atom. The van der Waals surface area contributed by atoms with Crippen molar-refractivity contribution in [2.24, 2.45) is 17.8 Å². The van der Waals surface area contributed by atoms with E-state index in [0.717, 1.165) is 11.8 Å². The number of sulfonamides is 1. The summed E-state index contributed by atoms with van der Waals surface area (Å²) in [5.41, 5.74) is 0. The number of carbonyl (C=O) groups is 1. The lowest BCUT2D eigenvalue weighted by Crippen LogP contribution is -2.53. The number of fused-ring (bicyclic) bond motifs is 2. The van der Waals surface area contributed by atoms with Crippen LogP contribution in [0.15, 0.2) is 0 Å². The Hall–Kier alpha value is -0.670. The Morgan fingerprint density at radius 3 is 2.27 bits per heavy atom. The molecule has 148 valence electrons. The Balaban J connectivity index is 1.30. The molecule has 4 unspecified atom stereocenters. The van der Waals surface area contributed by atoms with Crippen LogP contribution in [0.1, 0.15) is 38.5 Å². The monoisotopic (exact) mass is 404 g/mol. The summed E-state index contributed by atoms with van der Waals surface area (Å²) in [4.78, 5) is 14.4. The normalized spacial score (nSPS) is 37.3. The number of rotatable bonds is 4. The maximum absolute atomic E-state index is 12.7. The van der Waals surface area contributed by atoms with Gasteiger partial charge in [0.2, 0.25) is 15.9 Å². The first kappa shape index (κ1) is 18.7. The molecule has 7 nitrogen and oxygen atoms in total. The number of hydrogen-bond acceptors (Lipinski definition) is 5. The largest absolute Gasteiger partial charge is 0.340 e. The molecule has 0 radical (unpaired) electrons. The number of hydrogen-bond donors (Lipinski definition) is 0. The molecule has 2 heterocycles. The third-order valence-electron chi connectivity index (χ3n) is 6.88. The van der Waals surface area contributed by atoms with E-state index in [1.54, 1.807) is 4.90 Å². The summed E-state index contributed by atoms with van der Waals surface area (Å²) < 4.78 is 49.9.